The molecule has 4 rings (SSSR count). The first-order chi connectivity index (χ1) is 17.4. The number of likely N-dealkylation sites (tertiary alicyclic amines) is 2. The van der Waals surface area contributed by atoms with Gasteiger partial charge in [-0.05, 0) is 31.0 Å². The van der Waals surface area contributed by atoms with E-state index in [9.17, 15) is 32.3 Å². The minimum atomic E-state index is -5.16. The van der Waals surface area contributed by atoms with Crippen LogP contribution in [0.3, 0.4) is 0 Å². The van der Waals surface area contributed by atoms with Gasteiger partial charge in [-0.1, -0.05) is 30.3 Å². The molecule has 7 nitrogen and oxygen atoms in total. The van der Waals surface area contributed by atoms with Crippen molar-refractivity contribution in [2.75, 3.05) is 45.6 Å². The quantitative estimate of drug-likeness (QED) is 0.571. The van der Waals surface area contributed by atoms with Crippen LogP contribution in [0.5, 0.6) is 0 Å². The van der Waals surface area contributed by atoms with Crippen molar-refractivity contribution in [3.63, 3.8) is 0 Å². The number of nitrogens with zero attached hydrogens (tertiary/aromatic N) is 3. The largest absolute Gasteiger partial charge is 0.430 e. The maximum absolute atomic E-state index is 14.4. The fourth-order valence-corrected chi connectivity index (χ4v) is 4.91. The van der Waals surface area contributed by atoms with Crippen LogP contribution in [0, 0.1) is 5.82 Å². The topological polar surface area (TPSA) is 76.1 Å². The molecule has 11 heteroatoms. The van der Waals surface area contributed by atoms with Crippen molar-refractivity contribution in [1.29, 1.82) is 0 Å². The Hall–Kier alpha value is -3.18. The van der Waals surface area contributed by atoms with Crippen LogP contribution >= 0.6 is 0 Å². The number of piperidine rings is 1. The number of aliphatic hydroxyl groups is 1. The predicted molar refractivity (Wildman–Crippen MR) is 129 cm³/mol. The number of alkyl halides is 3. The molecule has 2 heterocycles. The molecule has 2 aromatic rings. The Kier molecular flexibility index (Phi) is 7.48. The zero-order chi connectivity index (χ0) is 27.0. The van der Waals surface area contributed by atoms with Crippen LogP contribution in [0.2, 0.25) is 0 Å². The van der Waals surface area contributed by atoms with Crippen molar-refractivity contribution in [3.8, 4) is 0 Å². The molecule has 0 spiro atoms. The summed E-state index contributed by atoms with van der Waals surface area (Å²) in [6.45, 7) is 1.54. The van der Waals surface area contributed by atoms with E-state index < -0.39 is 35.0 Å². The van der Waals surface area contributed by atoms with E-state index in [1.54, 1.807) is 20.2 Å². The Morgan fingerprint density at radius 3 is 2.19 bits per heavy atom. The Labute approximate surface area is 212 Å². The first-order valence-corrected chi connectivity index (χ1v) is 12.1. The summed E-state index contributed by atoms with van der Waals surface area (Å²) in [5, 5.41) is 13.8. The van der Waals surface area contributed by atoms with E-state index in [4.69, 9.17) is 0 Å². The highest BCUT2D eigenvalue weighted by atomic mass is 19.4. The van der Waals surface area contributed by atoms with Gasteiger partial charge in [0.15, 0.2) is 0 Å². The molecule has 0 bridgehead atoms. The van der Waals surface area contributed by atoms with Crippen LogP contribution in [0.1, 0.15) is 28.8 Å². The molecule has 37 heavy (non-hydrogen) atoms. The average Bonchev–Trinajstić information content (AvgIpc) is 2.84. The van der Waals surface area contributed by atoms with Gasteiger partial charge >= 0.3 is 6.18 Å². The maximum atomic E-state index is 14.4. The van der Waals surface area contributed by atoms with Gasteiger partial charge in [0.05, 0.1) is 11.6 Å². The third kappa shape index (κ3) is 5.28. The first kappa shape index (κ1) is 26.9. The van der Waals surface area contributed by atoms with Gasteiger partial charge < -0.3 is 20.2 Å². The van der Waals surface area contributed by atoms with Gasteiger partial charge in [-0.2, -0.15) is 13.2 Å². The van der Waals surface area contributed by atoms with Crippen molar-refractivity contribution in [2.24, 2.45) is 0 Å². The molecule has 2 aliphatic heterocycles. The smallest absolute Gasteiger partial charge is 0.380 e. The first-order valence-electron chi connectivity index (χ1n) is 12.1. The number of hydrogen-bond acceptors (Lipinski definition) is 5. The maximum Gasteiger partial charge on any atom is 0.430 e. The summed E-state index contributed by atoms with van der Waals surface area (Å²) < 4.78 is 55.9. The van der Waals surface area contributed by atoms with E-state index in [-0.39, 0.29) is 30.7 Å². The lowest BCUT2D eigenvalue weighted by molar-refractivity contribution is -0.262. The minimum absolute atomic E-state index is 0.00298. The van der Waals surface area contributed by atoms with Crippen molar-refractivity contribution in [2.45, 2.75) is 36.7 Å². The Bertz CT molecular complexity index is 1130. The molecule has 2 N–H and O–H groups in total. The van der Waals surface area contributed by atoms with E-state index in [1.165, 1.54) is 35.2 Å². The molecule has 2 aliphatic rings. The van der Waals surface area contributed by atoms with Crippen molar-refractivity contribution < 1.29 is 32.3 Å². The van der Waals surface area contributed by atoms with Crippen LogP contribution in [0.15, 0.2) is 48.5 Å². The number of benzene rings is 2. The summed E-state index contributed by atoms with van der Waals surface area (Å²) in [5.74, 6) is -2.38. The fraction of sp³-hybridized carbons (Fsp3) is 0.462. The number of anilines is 1. The molecule has 2 aromatic carbocycles. The fourth-order valence-electron chi connectivity index (χ4n) is 4.91. The normalized spacial score (nSPS) is 19.2. The van der Waals surface area contributed by atoms with Crippen molar-refractivity contribution in [3.05, 3.63) is 65.5 Å². The minimum Gasteiger partial charge on any atom is -0.380 e. The van der Waals surface area contributed by atoms with E-state index in [2.05, 4.69) is 10.2 Å². The zero-order valence-corrected chi connectivity index (χ0v) is 20.6. The molecule has 200 valence electrons. The lowest BCUT2D eigenvalue weighted by atomic mass is 9.89. The number of rotatable bonds is 6. The van der Waals surface area contributed by atoms with Crippen molar-refractivity contribution in [1.82, 2.24) is 14.7 Å². The van der Waals surface area contributed by atoms with Gasteiger partial charge in [-0.15, -0.1) is 0 Å². The summed E-state index contributed by atoms with van der Waals surface area (Å²) in [5.41, 5.74) is -3.53. The van der Waals surface area contributed by atoms with Gasteiger partial charge in [0.1, 0.15) is 5.82 Å². The summed E-state index contributed by atoms with van der Waals surface area (Å²) in [6, 6.07) is 11.0. The zero-order valence-electron chi connectivity index (χ0n) is 20.6. The molecule has 1 unspecified atom stereocenters. The molecule has 2 fully saturated rings. The van der Waals surface area contributed by atoms with Gasteiger partial charge in [-0.25, -0.2) is 4.39 Å². The summed E-state index contributed by atoms with van der Waals surface area (Å²) in [7, 11) is 3.11. The molecular weight excluding hydrogens is 492 g/mol. The van der Waals surface area contributed by atoms with Gasteiger partial charge in [0.25, 0.3) is 17.4 Å². The molecular formula is C26H30F4N4O3. The molecule has 2 amide bonds. The van der Waals surface area contributed by atoms with E-state index >= 15 is 0 Å². The number of halogens is 4. The summed E-state index contributed by atoms with van der Waals surface area (Å²) in [6.07, 6.45) is -4.19. The molecule has 0 radical (unpaired) electrons. The van der Waals surface area contributed by atoms with Crippen LogP contribution < -0.4 is 5.32 Å². The number of nitrogens with one attached hydrogen (secondary N) is 1. The second-order valence-electron chi connectivity index (χ2n) is 9.79. The number of carbonyl (C=O) groups excluding carboxylic acids is 2. The second kappa shape index (κ2) is 10.3. The van der Waals surface area contributed by atoms with Crippen LogP contribution in [-0.2, 0) is 10.4 Å². The molecule has 2 saturated heterocycles. The molecule has 0 aliphatic carbocycles. The average molecular weight is 523 g/mol. The predicted octanol–water partition coefficient (Wildman–Crippen LogP) is 3.06. The molecule has 1 atom stereocenters. The lowest BCUT2D eigenvalue weighted by Gasteiger charge is -2.48. The Balaban J connectivity index is 1.30. The van der Waals surface area contributed by atoms with Crippen LogP contribution in [-0.4, -0.2) is 90.2 Å². The highest BCUT2D eigenvalue weighted by Gasteiger charge is 2.62. The summed E-state index contributed by atoms with van der Waals surface area (Å²) >= 11 is 0. The van der Waals surface area contributed by atoms with Gasteiger partial charge in [0.2, 0.25) is 0 Å². The molecule has 0 aromatic heterocycles. The number of hydrogen-bond donors (Lipinski definition) is 2. The highest BCUT2D eigenvalue weighted by molar-refractivity contribution is 5.94. The third-order valence-corrected chi connectivity index (χ3v) is 7.07. The van der Waals surface area contributed by atoms with Crippen LogP contribution in [0.4, 0.5) is 23.2 Å². The molecule has 0 saturated carbocycles. The van der Waals surface area contributed by atoms with Gasteiger partial charge in [-0.3, -0.25) is 14.5 Å². The lowest BCUT2D eigenvalue weighted by Crippen LogP contribution is -2.62. The van der Waals surface area contributed by atoms with E-state index in [0.29, 0.717) is 31.6 Å². The third-order valence-electron chi connectivity index (χ3n) is 7.07. The second-order valence-corrected chi connectivity index (χ2v) is 9.79. The van der Waals surface area contributed by atoms with E-state index in [0.717, 1.165) is 17.0 Å². The van der Waals surface area contributed by atoms with Crippen molar-refractivity contribution >= 4 is 17.5 Å². The standard InChI is InChI=1S/C26H30F4N4O3/c1-32(2)23(35)21-9-8-18(14-22(21)27)31-19-15-34(16-19)20-10-12-33(13-11-20)24(36)25(37,26(28,29)30)17-6-4-3-5-7-17/h3-9,14,19-20,31,37H,10-13,15-16H2,1-2H3. The van der Waals surface area contributed by atoms with Gasteiger partial charge in [0, 0.05) is 57.6 Å². The van der Waals surface area contributed by atoms with Crippen LogP contribution in [0.25, 0.3) is 0 Å². The highest BCUT2D eigenvalue weighted by Crippen LogP contribution is 2.41. The Morgan fingerprint density at radius 1 is 1.03 bits per heavy atom. The number of amides is 2. The number of carbonyl (C=O) groups is 2. The summed E-state index contributed by atoms with van der Waals surface area (Å²) in [4.78, 5) is 29.4. The Morgan fingerprint density at radius 2 is 1.65 bits per heavy atom. The van der Waals surface area contributed by atoms with E-state index in [1.807, 2.05) is 0 Å². The monoisotopic (exact) mass is 522 g/mol. The SMILES string of the molecule is CN(C)C(=O)c1ccc(NC2CN(C3CCN(C(=O)C(O)(c4ccccc4)C(F)(F)F)CC3)C2)cc1F.